The van der Waals surface area contributed by atoms with Gasteiger partial charge in [-0.05, 0) is 38.3 Å². The van der Waals surface area contributed by atoms with Crippen molar-refractivity contribution in [2.24, 2.45) is 11.8 Å². The number of carbonyl (C=O) groups excluding carboxylic acids is 1. The Hall–Kier alpha value is -2.64. The third-order valence-electron chi connectivity index (χ3n) is 3.41. The van der Waals surface area contributed by atoms with E-state index in [-0.39, 0.29) is 11.7 Å². The van der Waals surface area contributed by atoms with Gasteiger partial charge in [0, 0.05) is 12.1 Å². The predicted octanol–water partition coefficient (Wildman–Crippen LogP) is 2.95. The molecule has 1 atom stereocenters. The summed E-state index contributed by atoms with van der Waals surface area (Å²) in [5.74, 6) is -5.14. The highest BCUT2D eigenvalue weighted by Crippen LogP contribution is 2.32. The fourth-order valence-electron chi connectivity index (χ4n) is 2.46. The zero-order valence-corrected chi connectivity index (χ0v) is 14.9. The predicted molar refractivity (Wildman–Crippen MR) is 90.4 cm³/mol. The molecule has 1 heterocycles. The quantitative estimate of drug-likeness (QED) is 0.672. The number of amides is 1. The second kappa shape index (κ2) is 7.96. The number of carboxylic acids is 2. The molecule has 0 spiro atoms. The molecule has 0 aromatic carbocycles. The molecule has 0 radical (unpaired) electrons. The summed E-state index contributed by atoms with van der Waals surface area (Å²) in [6.07, 6.45) is 0.707. The second-order valence-electron chi connectivity index (χ2n) is 7.03. The first kappa shape index (κ1) is 20.4. The van der Waals surface area contributed by atoms with Crippen LogP contribution in [-0.4, -0.2) is 38.8 Å². The van der Waals surface area contributed by atoms with E-state index in [2.05, 4.69) is 10.3 Å². The molecule has 0 aliphatic carbocycles. The van der Waals surface area contributed by atoms with E-state index in [4.69, 9.17) is 4.74 Å². The van der Waals surface area contributed by atoms with Crippen LogP contribution in [0.25, 0.3) is 0 Å². The van der Waals surface area contributed by atoms with Crippen LogP contribution in [0.4, 0.5) is 10.6 Å². The minimum Gasteiger partial charge on any atom is -0.481 e. The van der Waals surface area contributed by atoms with Gasteiger partial charge in [0.25, 0.3) is 0 Å². The molecule has 138 valence electrons. The normalized spacial score (nSPS) is 12.8. The van der Waals surface area contributed by atoms with E-state index in [0.717, 1.165) is 0 Å². The molecule has 0 bridgehead atoms. The Balaban J connectivity index is 3.00. The lowest BCUT2D eigenvalue weighted by Crippen LogP contribution is -2.32. The lowest BCUT2D eigenvalue weighted by Gasteiger charge is -2.25. The number of hydrogen-bond donors (Lipinski definition) is 3. The van der Waals surface area contributed by atoms with Gasteiger partial charge in [-0.1, -0.05) is 19.9 Å². The molecular weight excluding hydrogens is 328 g/mol. The van der Waals surface area contributed by atoms with Crippen LogP contribution in [0, 0.1) is 11.8 Å². The number of hydrogen-bond acceptors (Lipinski definition) is 5. The van der Waals surface area contributed by atoms with Crippen molar-refractivity contribution in [3.8, 4) is 0 Å². The van der Waals surface area contributed by atoms with Gasteiger partial charge in [-0.15, -0.1) is 0 Å². The molecule has 0 aliphatic heterocycles. The summed E-state index contributed by atoms with van der Waals surface area (Å²) in [4.78, 5) is 38.4. The van der Waals surface area contributed by atoms with E-state index < -0.39 is 35.5 Å². The Bertz CT molecular complexity index is 620. The highest BCUT2D eigenvalue weighted by Gasteiger charge is 2.37. The van der Waals surface area contributed by atoms with E-state index in [1.165, 1.54) is 12.3 Å². The zero-order valence-electron chi connectivity index (χ0n) is 14.9. The molecule has 3 N–H and O–H groups in total. The maximum atomic E-state index is 11.7. The fourth-order valence-corrected chi connectivity index (χ4v) is 2.46. The van der Waals surface area contributed by atoms with Gasteiger partial charge in [-0.3, -0.25) is 14.9 Å². The van der Waals surface area contributed by atoms with Gasteiger partial charge in [0.05, 0.1) is 0 Å². The molecule has 8 nitrogen and oxygen atoms in total. The van der Waals surface area contributed by atoms with Crippen LogP contribution >= 0.6 is 0 Å². The van der Waals surface area contributed by atoms with Crippen molar-refractivity contribution in [1.29, 1.82) is 0 Å². The van der Waals surface area contributed by atoms with Gasteiger partial charge in [0.1, 0.15) is 11.4 Å². The Morgan fingerprint density at radius 1 is 1.12 bits per heavy atom. The molecular formula is C17H24N2O6. The van der Waals surface area contributed by atoms with E-state index in [9.17, 15) is 24.6 Å². The Kier molecular flexibility index (Phi) is 6.49. The first-order valence-corrected chi connectivity index (χ1v) is 7.84. The number of carbonyl (C=O) groups is 3. The van der Waals surface area contributed by atoms with Gasteiger partial charge < -0.3 is 14.9 Å². The number of rotatable bonds is 6. The van der Waals surface area contributed by atoms with Gasteiger partial charge in [0.2, 0.25) is 0 Å². The molecule has 1 rings (SSSR count). The largest absolute Gasteiger partial charge is 0.481 e. The number of ether oxygens (including phenoxy) is 1. The van der Waals surface area contributed by atoms with Gasteiger partial charge >= 0.3 is 18.0 Å². The standard InChI is InChI=1S/C17H24N2O6/c1-9(2)12(13(14(20)21)15(22)23)10-6-7-11(18-8-10)19-16(24)25-17(3,4)5/h6-9,12-13H,1-5H3,(H,20,21)(H,22,23)(H,18,19,24). The average molecular weight is 352 g/mol. The molecule has 0 fully saturated rings. The van der Waals surface area contributed by atoms with Gasteiger partial charge in [-0.2, -0.15) is 0 Å². The van der Waals surface area contributed by atoms with Crippen LogP contribution in [-0.2, 0) is 14.3 Å². The average Bonchev–Trinajstić information content (AvgIpc) is 2.42. The highest BCUT2D eigenvalue weighted by molar-refractivity contribution is 5.94. The van der Waals surface area contributed by atoms with Gasteiger partial charge in [0.15, 0.2) is 5.92 Å². The molecule has 25 heavy (non-hydrogen) atoms. The summed E-state index contributed by atoms with van der Waals surface area (Å²) in [5.41, 5.74) is -0.178. The van der Waals surface area contributed by atoms with E-state index in [1.807, 2.05) is 0 Å². The number of nitrogens with one attached hydrogen (secondary N) is 1. The number of nitrogens with zero attached hydrogens (tertiary/aromatic N) is 1. The minimum absolute atomic E-state index is 0.225. The van der Waals surface area contributed by atoms with Crippen LogP contribution < -0.4 is 5.32 Å². The molecule has 0 saturated carbocycles. The molecule has 8 heteroatoms. The minimum atomic E-state index is -1.58. The Morgan fingerprint density at radius 2 is 1.68 bits per heavy atom. The topological polar surface area (TPSA) is 126 Å². The molecule has 0 aliphatic rings. The molecule has 1 aromatic rings. The van der Waals surface area contributed by atoms with Crippen LogP contribution in [0.2, 0.25) is 0 Å². The fraction of sp³-hybridized carbons (Fsp3) is 0.529. The maximum Gasteiger partial charge on any atom is 0.413 e. The lowest BCUT2D eigenvalue weighted by molar-refractivity contribution is -0.156. The van der Waals surface area contributed by atoms with Crippen molar-refractivity contribution in [2.75, 3.05) is 5.32 Å². The summed E-state index contributed by atoms with van der Waals surface area (Å²) >= 11 is 0. The molecule has 0 saturated heterocycles. The van der Waals surface area contributed by atoms with Crippen molar-refractivity contribution in [3.05, 3.63) is 23.9 Å². The maximum absolute atomic E-state index is 11.7. The third-order valence-corrected chi connectivity index (χ3v) is 3.41. The van der Waals surface area contributed by atoms with Crippen LogP contribution in [0.5, 0.6) is 0 Å². The van der Waals surface area contributed by atoms with Crippen LogP contribution in [0.1, 0.15) is 46.1 Å². The Morgan fingerprint density at radius 3 is 2.04 bits per heavy atom. The first-order chi connectivity index (χ1) is 11.4. The monoisotopic (exact) mass is 352 g/mol. The van der Waals surface area contributed by atoms with Crippen molar-refractivity contribution in [3.63, 3.8) is 0 Å². The summed E-state index contributed by atoms with van der Waals surface area (Å²) in [7, 11) is 0. The van der Waals surface area contributed by atoms with Crippen LogP contribution in [0.15, 0.2) is 18.3 Å². The van der Waals surface area contributed by atoms with E-state index >= 15 is 0 Å². The SMILES string of the molecule is CC(C)C(c1ccc(NC(=O)OC(C)(C)C)nc1)C(C(=O)O)C(=O)O. The van der Waals surface area contributed by atoms with Crippen molar-refractivity contribution in [2.45, 2.75) is 46.1 Å². The van der Waals surface area contributed by atoms with Crippen molar-refractivity contribution in [1.82, 2.24) is 4.98 Å². The lowest BCUT2D eigenvalue weighted by atomic mass is 9.79. The van der Waals surface area contributed by atoms with Crippen molar-refractivity contribution >= 4 is 23.8 Å². The number of anilines is 1. The van der Waals surface area contributed by atoms with E-state index in [0.29, 0.717) is 5.56 Å². The first-order valence-electron chi connectivity index (χ1n) is 7.84. The summed E-state index contributed by atoms with van der Waals surface area (Å²) in [5, 5.41) is 20.9. The molecule has 1 amide bonds. The van der Waals surface area contributed by atoms with E-state index in [1.54, 1.807) is 40.7 Å². The highest BCUT2D eigenvalue weighted by atomic mass is 16.6. The summed E-state index contributed by atoms with van der Waals surface area (Å²) in [6, 6.07) is 3.04. The third kappa shape index (κ3) is 6.06. The number of carboxylic acid groups (broad SMARTS) is 2. The second-order valence-corrected chi connectivity index (χ2v) is 7.03. The van der Waals surface area contributed by atoms with Crippen LogP contribution in [0.3, 0.4) is 0 Å². The Labute approximate surface area is 146 Å². The number of aliphatic carboxylic acids is 2. The summed E-state index contributed by atoms with van der Waals surface area (Å²) in [6.45, 7) is 8.68. The molecule has 1 aromatic heterocycles. The number of aromatic nitrogens is 1. The van der Waals surface area contributed by atoms with Crippen molar-refractivity contribution < 1.29 is 29.3 Å². The smallest absolute Gasteiger partial charge is 0.413 e. The van der Waals surface area contributed by atoms with Gasteiger partial charge in [-0.25, -0.2) is 9.78 Å². The number of pyridine rings is 1. The molecule has 1 unspecified atom stereocenters. The zero-order chi connectivity index (χ0) is 19.4. The summed E-state index contributed by atoms with van der Waals surface area (Å²) < 4.78 is 5.11.